The number of hydrogen-bond donors (Lipinski definition) is 0. The van der Waals surface area contributed by atoms with Gasteiger partial charge < -0.3 is 0 Å². The van der Waals surface area contributed by atoms with Crippen LogP contribution in [0.4, 0.5) is 0 Å². The summed E-state index contributed by atoms with van der Waals surface area (Å²) in [6, 6.07) is 0. The molecule has 11 atom stereocenters. The minimum absolute atomic E-state index is 1.02. The van der Waals surface area contributed by atoms with Crippen LogP contribution >= 0.6 is 0 Å². The first-order chi connectivity index (χ1) is 9.86. The first-order valence-electron chi connectivity index (χ1n) is 9.55. The van der Waals surface area contributed by atoms with E-state index in [1.165, 1.54) is 41.9 Å². The number of fused-ring (bicyclic) bond motifs is 16. The van der Waals surface area contributed by atoms with Crippen molar-refractivity contribution in [2.75, 3.05) is 0 Å². The Labute approximate surface area is 123 Å². The molecular weight excluding hydrogens is 240 g/mol. The fourth-order valence-corrected chi connectivity index (χ4v) is 9.09. The second-order valence-electron chi connectivity index (χ2n) is 9.27. The first kappa shape index (κ1) is 11.3. The van der Waals surface area contributed by atoms with Crippen LogP contribution in [0.15, 0.2) is 12.2 Å². The zero-order valence-electron chi connectivity index (χ0n) is 12.7. The molecule has 6 bridgehead atoms. The van der Waals surface area contributed by atoms with E-state index in [-0.39, 0.29) is 0 Å². The monoisotopic (exact) mass is 268 g/mol. The van der Waals surface area contributed by atoms with Crippen LogP contribution in [0.1, 0.15) is 45.4 Å². The molecule has 0 spiro atoms. The molecule has 5 fully saturated rings. The molecule has 0 aromatic rings. The third kappa shape index (κ3) is 1.08. The predicted molar refractivity (Wildman–Crippen MR) is 80.9 cm³/mol. The van der Waals surface area contributed by atoms with Gasteiger partial charge in [0.15, 0.2) is 0 Å². The van der Waals surface area contributed by atoms with E-state index in [2.05, 4.69) is 19.1 Å². The van der Waals surface area contributed by atoms with Gasteiger partial charge in [-0.05, 0) is 90.8 Å². The SMILES string of the molecule is CCCC1CC2CC1C1C3CC(C4C5C=CC(C5)C34)C21. The highest BCUT2D eigenvalue weighted by molar-refractivity contribution is 5.24. The van der Waals surface area contributed by atoms with Crippen molar-refractivity contribution in [1.82, 2.24) is 0 Å². The molecule has 6 aliphatic carbocycles. The fraction of sp³-hybridized carbons (Fsp3) is 0.900. The molecule has 0 amide bonds. The van der Waals surface area contributed by atoms with E-state index in [9.17, 15) is 0 Å². The van der Waals surface area contributed by atoms with Gasteiger partial charge in [-0.15, -0.1) is 0 Å². The molecule has 0 nitrogen and oxygen atoms in total. The molecule has 0 aliphatic heterocycles. The Morgan fingerprint density at radius 1 is 0.750 bits per heavy atom. The van der Waals surface area contributed by atoms with Gasteiger partial charge in [-0.2, -0.15) is 0 Å². The van der Waals surface area contributed by atoms with E-state index in [0.29, 0.717) is 0 Å². The minimum Gasteiger partial charge on any atom is -0.0848 e. The van der Waals surface area contributed by atoms with Crippen molar-refractivity contribution in [2.45, 2.75) is 45.4 Å². The lowest BCUT2D eigenvalue weighted by Crippen LogP contribution is -2.41. The van der Waals surface area contributed by atoms with E-state index in [1.54, 1.807) is 32.1 Å². The topological polar surface area (TPSA) is 0 Å². The zero-order valence-corrected chi connectivity index (χ0v) is 12.7. The summed E-state index contributed by atoms with van der Waals surface area (Å²) in [6.07, 6.45) is 14.7. The summed E-state index contributed by atoms with van der Waals surface area (Å²) in [5.41, 5.74) is 0. The molecule has 20 heavy (non-hydrogen) atoms. The van der Waals surface area contributed by atoms with E-state index < -0.39 is 0 Å². The average Bonchev–Trinajstić information content (AvgIpc) is 3.23. The molecule has 0 N–H and O–H groups in total. The van der Waals surface area contributed by atoms with Crippen LogP contribution in [0, 0.1) is 65.1 Å². The lowest BCUT2D eigenvalue weighted by atomic mass is 9.59. The minimum atomic E-state index is 1.02. The van der Waals surface area contributed by atoms with E-state index in [1.807, 2.05) is 0 Å². The molecule has 0 radical (unpaired) electrons. The molecule has 0 aromatic carbocycles. The average molecular weight is 268 g/mol. The van der Waals surface area contributed by atoms with Gasteiger partial charge in [0.05, 0.1) is 0 Å². The summed E-state index contributed by atoms with van der Waals surface area (Å²) in [7, 11) is 0. The zero-order chi connectivity index (χ0) is 13.0. The van der Waals surface area contributed by atoms with E-state index in [0.717, 1.165) is 29.6 Å². The van der Waals surface area contributed by atoms with Crippen molar-refractivity contribution in [1.29, 1.82) is 0 Å². The van der Waals surface area contributed by atoms with E-state index in [4.69, 9.17) is 0 Å². The summed E-state index contributed by atoms with van der Waals surface area (Å²) < 4.78 is 0. The smallest absolute Gasteiger partial charge is 0.0194 e. The Balaban J connectivity index is 1.37. The Bertz CT molecular complexity index is 476. The lowest BCUT2D eigenvalue weighted by molar-refractivity contribution is 0.0275. The van der Waals surface area contributed by atoms with Crippen molar-refractivity contribution < 1.29 is 0 Å². The number of allylic oxidation sites excluding steroid dienone is 2. The summed E-state index contributed by atoms with van der Waals surface area (Å²) in [5.74, 6) is 12.6. The van der Waals surface area contributed by atoms with Gasteiger partial charge >= 0.3 is 0 Å². The van der Waals surface area contributed by atoms with Gasteiger partial charge in [0, 0.05) is 0 Å². The van der Waals surface area contributed by atoms with Crippen molar-refractivity contribution in [2.24, 2.45) is 65.1 Å². The molecule has 6 rings (SSSR count). The van der Waals surface area contributed by atoms with Crippen LogP contribution in [0.25, 0.3) is 0 Å². The maximum absolute atomic E-state index is 2.62. The van der Waals surface area contributed by atoms with Crippen LogP contribution in [0.5, 0.6) is 0 Å². The van der Waals surface area contributed by atoms with Gasteiger partial charge in [0.25, 0.3) is 0 Å². The summed E-state index contributed by atoms with van der Waals surface area (Å²) in [5, 5.41) is 0. The normalized spacial score (nSPS) is 67.2. The number of rotatable bonds is 2. The van der Waals surface area contributed by atoms with Crippen LogP contribution < -0.4 is 0 Å². The molecule has 0 saturated heterocycles. The summed E-state index contributed by atoms with van der Waals surface area (Å²) >= 11 is 0. The third-order valence-corrected chi connectivity index (χ3v) is 9.03. The van der Waals surface area contributed by atoms with Crippen LogP contribution in [0.2, 0.25) is 0 Å². The maximum atomic E-state index is 2.62. The second kappa shape index (κ2) is 3.55. The fourth-order valence-electron chi connectivity index (χ4n) is 9.09. The molecule has 11 unspecified atom stereocenters. The Morgan fingerprint density at radius 2 is 1.50 bits per heavy atom. The Kier molecular flexibility index (Phi) is 2.01. The van der Waals surface area contributed by atoms with Crippen LogP contribution in [-0.4, -0.2) is 0 Å². The summed E-state index contributed by atoms with van der Waals surface area (Å²) in [6.45, 7) is 2.40. The summed E-state index contributed by atoms with van der Waals surface area (Å²) in [4.78, 5) is 0. The van der Waals surface area contributed by atoms with Crippen LogP contribution in [0.3, 0.4) is 0 Å². The first-order valence-corrected chi connectivity index (χ1v) is 9.55. The van der Waals surface area contributed by atoms with Crippen LogP contribution in [-0.2, 0) is 0 Å². The Hall–Kier alpha value is -0.260. The van der Waals surface area contributed by atoms with E-state index >= 15 is 0 Å². The van der Waals surface area contributed by atoms with Gasteiger partial charge in [0.1, 0.15) is 0 Å². The largest absolute Gasteiger partial charge is 0.0848 e. The van der Waals surface area contributed by atoms with Crippen molar-refractivity contribution >= 4 is 0 Å². The van der Waals surface area contributed by atoms with Crippen molar-refractivity contribution in [3.05, 3.63) is 12.2 Å². The number of hydrogen-bond acceptors (Lipinski definition) is 0. The van der Waals surface area contributed by atoms with Gasteiger partial charge in [-0.1, -0.05) is 31.9 Å². The van der Waals surface area contributed by atoms with Gasteiger partial charge in [0.2, 0.25) is 0 Å². The highest BCUT2D eigenvalue weighted by Gasteiger charge is 2.70. The molecule has 0 heterocycles. The Morgan fingerprint density at radius 3 is 2.25 bits per heavy atom. The van der Waals surface area contributed by atoms with Gasteiger partial charge in [-0.3, -0.25) is 0 Å². The van der Waals surface area contributed by atoms with Gasteiger partial charge in [-0.25, -0.2) is 0 Å². The maximum Gasteiger partial charge on any atom is -0.0194 e. The predicted octanol–water partition coefficient (Wildman–Crippen LogP) is 4.76. The third-order valence-electron chi connectivity index (χ3n) is 9.03. The molecular formula is C20H28. The molecule has 0 aromatic heterocycles. The standard InChI is InChI=1S/C20H28/c1-2-3-10-6-13-8-14(10)20-16-9-15(19(13)20)17-11-4-5-12(7-11)18(16)17/h4-5,10-20H,2-3,6-9H2,1H3. The van der Waals surface area contributed by atoms with Crippen molar-refractivity contribution in [3.63, 3.8) is 0 Å². The molecule has 0 heteroatoms. The second-order valence-corrected chi connectivity index (χ2v) is 9.27. The lowest BCUT2D eigenvalue weighted by Gasteiger charge is -2.46. The quantitative estimate of drug-likeness (QED) is 0.500. The molecule has 5 saturated carbocycles. The molecule has 6 aliphatic rings. The highest BCUT2D eigenvalue weighted by Crippen LogP contribution is 2.76. The molecule has 108 valence electrons. The van der Waals surface area contributed by atoms with Crippen molar-refractivity contribution in [3.8, 4) is 0 Å². The highest BCUT2D eigenvalue weighted by atomic mass is 14.7.